The van der Waals surface area contributed by atoms with Gasteiger partial charge in [0, 0.05) is 5.56 Å². The highest BCUT2D eigenvalue weighted by Gasteiger charge is 2.18. The molecule has 0 aliphatic heterocycles. The molecule has 0 fully saturated rings. The van der Waals surface area contributed by atoms with Gasteiger partial charge >= 0.3 is 4.34 Å². The maximum atomic E-state index is 5.95. The van der Waals surface area contributed by atoms with E-state index in [9.17, 15) is 0 Å². The molecule has 2 N–H and O–H groups in total. The topological polar surface area (TPSA) is 29.9 Å². The van der Waals surface area contributed by atoms with Crippen LogP contribution in [0.2, 0.25) is 0 Å². The first-order valence-corrected chi connectivity index (χ1v) is 6.31. The van der Waals surface area contributed by atoms with Gasteiger partial charge in [0.05, 0.1) is 5.38 Å². The standard InChI is InChI=1S/C10H11N2S2/c1-13-10-12(11)9(7-14-10)8-5-3-2-4-6-8/h2-7H,11H2,1H3/q+1. The highest BCUT2D eigenvalue weighted by molar-refractivity contribution is 8.00. The third kappa shape index (κ3) is 1.63. The molecule has 0 radical (unpaired) electrons. The first-order valence-electron chi connectivity index (χ1n) is 4.21. The minimum absolute atomic E-state index is 1.07. The summed E-state index contributed by atoms with van der Waals surface area (Å²) in [6.45, 7) is 0. The SMILES string of the molecule is CSc1scc(-c2ccccc2)[n+]1N. The van der Waals surface area contributed by atoms with Crippen molar-refractivity contribution in [3.8, 4) is 11.3 Å². The number of thiazole rings is 1. The Morgan fingerprint density at radius 3 is 2.57 bits per heavy atom. The van der Waals surface area contributed by atoms with Crippen molar-refractivity contribution >= 4 is 23.1 Å². The first-order chi connectivity index (χ1) is 6.83. The van der Waals surface area contributed by atoms with Crippen LogP contribution in [0.1, 0.15) is 0 Å². The summed E-state index contributed by atoms with van der Waals surface area (Å²) >= 11 is 3.34. The first kappa shape index (κ1) is 9.55. The van der Waals surface area contributed by atoms with Crippen molar-refractivity contribution in [2.24, 2.45) is 0 Å². The minimum atomic E-state index is 1.07. The van der Waals surface area contributed by atoms with E-state index in [1.165, 1.54) is 0 Å². The fraction of sp³-hybridized carbons (Fsp3) is 0.100. The van der Waals surface area contributed by atoms with Crippen LogP contribution in [0.5, 0.6) is 0 Å². The van der Waals surface area contributed by atoms with Crippen LogP contribution in [-0.2, 0) is 0 Å². The molecule has 0 amide bonds. The second kappa shape index (κ2) is 4.02. The summed E-state index contributed by atoms with van der Waals surface area (Å²) in [7, 11) is 0. The highest BCUT2D eigenvalue weighted by atomic mass is 32.2. The predicted octanol–water partition coefficient (Wildman–Crippen LogP) is 2.14. The third-order valence-electron chi connectivity index (χ3n) is 1.97. The zero-order valence-electron chi connectivity index (χ0n) is 7.81. The molecule has 0 saturated carbocycles. The summed E-state index contributed by atoms with van der Waals surface area (Å²) in [5.74, 6) is 5.95. The van der Waals surface area contributed by atoms with Gasteiger partial charge in [-0.1, -0.05) is 34.2 Å². The number of hydrogen-bond acceptors (Lipinski definition) is 3. The molecule has 0 spiro atoms. The minimum Gasteiger partial charge on any atom is -0.203 e. The van der Waals surface area contributed by atoms with E-state index in [0.717, 1.165) is 15.6 Å². The maximum Gasteiger partial charge on any atom is 0.325 e. The molecule has 0 aliphatic rings. The number of hydrogen-bond donors (Lipinski definition) is 1. The second-order valence-electron chi connectivity index (χ2n) is 2.83. The highest BCUT2D eigenvalue weighted by Crippen LogP contribution is 2.23. The van der Waals surface area contributed by atoms with Gasteiger partial charge in [0.25, 0.3) is 5.69 Å². The third-order valence-corrected chi connectivity index (χ3v) is 4.05. The van der Waals surface area contributed by atoms with Crippen LogP contribution in [0.15, 0.2) is 40.1 Å². The molecule has 2 aromatic rings. The van der Waals surface area contributed by atoms with Crippen molar-refractivity contribution in [1.29, 1.82) is 0 Å². The molecule has 1 aromatic carbocycles. The number of nitrogens with zero attached hydrogens (tertiary/aromatic N) is 1. The Labute approximate surface area is 91.4 Å². The average molecular weight is 223 g/mol. The van der Waals surface area contributed by atoms with E-state index in [2.05, 4.69) is 17.5 Å². The van der Waals surface area contributed by atoms with Gasteiger partial charge in [0.15, 0.2) is 0 Å². The number of nitrogens with two attached hydrogens (primary N) is 1. The van der Waals surface area contributed by atoms with E-state index in [4.69, 9.17) is 5.84 Å². The summed E-state index contributed by atoms with van der Waals surface area (Å²) in [6, 6.07) is 10.2. The summed E-state index contributed by atoms with van der Waals surface area (Å²) in [4.78, 5) is 0. The molecule has 0 saturated heterocycles. The molecular formula is C10H11N2S2+. The van der Waals surface area contributed by atoms with Crippen LogP contribution < -0.4 is 10.5 Å². The van der Waals surface area contributed by atoms with Crippen molar-refractivity contribution in [3.63, 3.8) is 0 Å². The fourth-order valence-corrected chi connectivity index (χ4v) is 2.78. The van der Waals surface area contributed by atoms with Gasteiger partial charge in [-0.2, -0.15) is 0 Å². The van der Waals surface area contributed by atoms with Crippen molar-refractivity contribution < 1.29 is 4.68 Å². The number of aromatic nitrogens is 1. The van der Waals surface area contributed by atoms with Crippen LogP contribution in [-0.4, -0.2) is 6.26 Å². The Morgan fingerprint density at radius 2 is 2.00 bits per heavy atom. The van der Waals surface area contributed by atoms with Gasteiger partial charge in [-0.3, -0.25) is 0 Å². The van der Waals surface area contributed by atoms with Crippen molar-refractivity contribution in [1.82, 2.24) is 0 Å². The van der Waals surface area contributed by atoms with Gasteiger partial charge in [-0.15, -0.1) is 0 Å². The molecule has 1 aromatic heterocycles. The lowest BCUT2D eigenvalue weighted by Gasteiger charge is -1.93. The molecule has 0 bridgehead atoms. The van der Waals surface area contributed by atoms with Gasteiger partial charge in [-0.05, 0) is 30.2 Å². The lowest BCUT2D eigenvalue weighted by Crippen LogP contribution is -2.46. The molecular weight excluding hydrogens is 212 g/mol. The van der Waals surface area contributed by atoms with Gasteiger partial charge in [0.2, 0.25) is 0 Å². The molecule has 2 nitrogen and oxygen atoms in total. The van der Waals surface area contributed by atoms with Gasteiger partial charge in [-0.25, -0.2) is 5.84 Å². The van der Waals surface area contributed by atoms with Crippen molar-refractivity contribution in [2.45, 2.75) is 4.34 Å². The Kier molecular flexibility index (Phi) is 2.74. The van der Waals surface area contributed by atoms with Crippen molar-refractivity contribution in [3.05, 3.63) is 35.7 Å². The molecule has 0 aliphatic carbocycles. The van der Waals surface area contributed by atoms with E-state index in [0.29, 0.717) is 0 Å². The monoisotopic (exact) mass is 223 g/mol. The van der Waals surface area contributed by atoms with Gasteiger partial charge < -0.3 is 0 Å². The number of benzene rings is 1. The lowest BCUT2D eigenvalue weighted by atomic mass is 10.2. The fourth-order valence-electron chi connectivity index (χ4n) is 1.28. The summed E-state index contributed by atoms with van der Waals surface area (Å²) in [5.41, 5.74) is 2.23. The molecule has 2 rings (SSSR count). The Bertz CT molecular complexity index is 423. The van der Waals surface area contributed by atoms with Crippen LogP contribution in [0, 0.1) is 0 Å². The molecule has 1 heterocycles. The van der Waals surface area contributed by atoms with Crippen molar-refractivity contribution in [2.75, 3.05) is 12.1 Å². The molecule has 0 atom stereocenters. The van der Waals surface area contributed by atoms with Crippen LogP contribution >= 0.6 is 23.1 Å². The number of thioether (sulfide) groups is 1. The van der Waals surface area contributed by atoms with E-state index in [1.54, 1.807) is 27.8 Å². The molecule has 0 unspecified atom stereocenters. The predicted molar refractivity (Wildman–Crippen MR) is 61.9 cm³/mol. The molecule has 4 heteroatoms. The maximum absolute atomic E-state index is 5.95. The smallest absolute Gasteiger partial charge is 0.203 e. The zero-order chi connectivity index (χ0) is 9.97. The average Bonchev–Trinajstić information content (AvgIpc) is 2.61. The Hall–Kier alpha value is -1.00. The van der Waals surface area contributed by atoms with E-state index in [1.807, 2.05) is 24.5 Å². The lowest BCUT2D eigenvalue weighted by molar-refractivity contribution is -0.659. The molecule has 14 heavy (non-hydrogen) atoms. The summed E-state index contributed by atoms with van der Waals surface area (Å²) < 4.78 is 2.86. The van der Waals surface area contributed by atoms with Crippen LogP contribution in [0.3, 0.4) is 0 Å². The van der Waals surface area contributed by atoms with E-state index < -0.39 is 0 Å². The zero-order valence-corrected chi connectivity index (χ0v) is 9.44. The van der Waals surface area contributed by atoms with E-state index in [-0.39, 0.29) is 0 Å². The van der Waals surface area contributed by atoms with Crippen LogP contribution in [0.25, 0.3) is 11.3 Å². The van der Waals surface area contributed by atoms with Gasteiger partial charge in [0.1, 0.15) is 0 Å². The quantitative estimate of drug-likeness (QED) is 0.480. The van der Waals surface area contributed by atoms with Crippen LogP contribution in [0.4, 0.5) is 0 Å². The molecule has 72 valence electrons. The Balaban J connectivity index is 2.48. The number of nitrogen functional groups attached to an aromatic ring is 1. The summed E-state index contributed by atoms with van der Waals surface area (Å²) in [5, 5.41) is 2.08. The normalized spacial score (nSPS) is 10.4. The Morgan fingerprint density at radius 1 is 1.29 bits per heavy atom. The largest absolute Gasteiger partial charge is 0.325 e. The number of rotatable bonds is 2. The second-order valence-corrected chi connectivity index (χ2v) is 4.74. The van der Waals surface area contributed by atoms with E-state index >= 15 is 0 Å². The summed E-state index contributed by atoms with van der Waals surface area (Å²) in [6.07, 6.45) is 2.03.